The van der Waals surface area contributed by atoms with E-state index < -0.39 is 11.2 Å². The van der Waals surface area contributed by atoms with Gasteiger partial charge >= 0.3 is 5.69 Å². The Morgan fingerprint density at radius 3 is 2.63 bits per heavy atom. The summed E-state index contributed by atoms with van der Waals surface area (Å²) < 4.78 is 0. The molecule has 2 rings (SSSR count). The number of aromatic nitrogens is 2. The van der Waals surface area contributed by atoms with Crippen molar-refractivity contribution in [2.45, 2.75) is 45.6 Å². The van der Waals surface area contributed by atoms with Crippen LogP contribution in [0.2, 0.25) is 0 Å². The van der Waals surface area contributed by atoms with Crippen molar-refractivity contribution in [3.8, 4) is 0 Å². The van der Waals surface area contributed by atoms with Crippen molar-refractivity contribution in [3.63, 3.8) is 0 Å². The fraction of sp³-hybridized carbons (Fsp3) is 0.615. The van der Waals surface area contributed by atoms with Crippen LogP contribution in [0.1, 0.15) is 37.4 Å². The van der Waals surface area contributed by atoms with E-state index in [0.29, 0.717) is 23.6 Å². The second-order valence-corrected chi connectivity index (χ2v) is 5.21. The van der Waals surface area contributed by atoms with Crippen molar-refractivity contribution in [1.82, 2.24) is 15.3 Å². The van der Waals surface area contributed by atoms with Gasteiger partial charge in [0.15, 0.2) is 0 Å². The van der Waals surface area contributed by atoms with E-state index >= 15 is 0 Å². The number of carbonyl (C=O) groups is 1. The molecule has 0 spiro atoms. The van der Waals surface area contributed by atoms with E-state index in [0.717, 1.165) is 0 Å². The largest absolute Gasteiger partial charge is 0.353 e. The van der Waals surface area contributed by atoms with Gasteiger partial charge in [0, 0.05) is 23.7 Å². The highest BCUT2D eigenvalue weighted by atomic mass is 16.2. The molecule has 0 saturated heterocycles. The summed E-state index contributed by atoms with van der Waals surface area (Å²) in [6.45, 7) is 3.67. The molecule has 104 valence electrons. The van der Waals surface area contributed by atoms with Crippen LogP contribution in [0.15, 0.2) is 9.59 Å². The van der Waals surface area contributed by atoms with E-state index in [9.17, 15) is 14.4 Å². The average Bonchev–Trinajstić information content (AvgIpc) is 3.10. The zero-order valence-electron chi connectivity index (χ0n) is 11.2. The molecule has 1 fully saturated rings. The van der Waals surface area contributed by atoms with Crippen molar-refractivity contribution >= 4 is 5.91 Å². The molecule has 1 aliphatic carbocycles. The number of nitrogens with one attached hydrogen (secondary N) is 3. The van der Waals surface area contributed by atoms with Crippen molar-refractivity contribution in [2.75, 3.05) is 0 Å². The molecule has 3 N–H and O–H groups in total. The molecule has 0 aromatic carbocycles. The Kier molecular flexibility index (Phi) is 3.87. The van der Waals surface area contributed by atoms with Crippen LogP contribution in [-0.2, 0) is 11.2 Å². The first-order chi connectivity index (χ1) is 8.97. The topological polar surface area (TPSA) is 94.8 Å². The van der Waals surface area contributed by atoms with E-state index in [2.05, 4.69) is 15.3 Å². The minimum Gasteiger partial charge on any atom is -0.353 e. The van der Waals surface area contributed by atoms with Crippen molar-refractivity contribution in [2.24, 2.45) is 5.92 Å². The molecule has 1 aliphatic rings. The summed E-state index contributed by atoms with van der Waals surface area (Å²) in [5, 5.41) is 2.94. The highest BCUT2D eigenvalue weighted by Gasteiger charge is 2.28. The van der Waals surface area contributed by atoms with Crippen LogP contribution in [0, 0.1) is 12.8 Å². The number of amides is 1. The predicted molar refractivity (Wildman–Crippen MR) is 71.1 cm³/mol. The van der Waals surface area contributed by atoms with Crippen LogP contribution in [0.25, 0.3) is 0 Å². The van der Waals surface area contributed by atoms with Gasteiger partial charge in [-0.25, -0.2) is 4.79 Å². The van der Waals surface area contributed by atoms with Crippen LogP contribution in [-0.4, -0.2) is 21.9 Å². The Morgan fingerprint density at radius 1 is 1.37 bits per heavy atom. The summed E-state index contributed by atoms with van der Waals surface area (Å²) in [5.74, 6) is 0.562. The molecule has 6 nitrogen and oxygen atoms in total. The van der Waals surface area contributed by atoms with Gasteiger partial charge in [-0.3, -0.25) is 14.6 Å². The molecule has 1 unspecified atom stereocenters. The molecule has 1 heterocycles. The van der Waals surface area contributed by atoms with Gasteiger partial charge in [0.05, 0.1) is 0 Å². The summed E-state index contributed by atoms with van der Waals surface area (Å²) in [6, 6.07) is 0.211. The third-order valence-corrected chi connectivity index (χ3v) is 3.57. The highest BCUT2D eigenvalue weighted by Crippen LogP contribution is 2.32. The lowest BCUT2D eigenvalue weighted by atomic mass is 10.1. The number of aryl methyl sites for hydroxylation is 1. The first kappa shape index (κ1) is 13.6. The fourth-order valence-corrected chi connectivity index (χ4v) is 2.21. The zero-order valence-corrected chi connectivity index (χ0v) is 11.2. The number of carbonyl (C=O) groups excluding carboxylic acids is 1. The third kappa shape index (κ3) is 3.56. The standard InChI is InChI=1S/C13H19N3O3/c1-7(9-3-4-9)14-11(17)6-5-10-8(2)15-13(19)16-12(10)18/h7,9H,3-6H2,1-2H3,(H,14,17)(H2,15,16,18,19). The lowest BCUT2D eigenvalue weighted by molar-refractivity contribution is -0.121. The number of rotatable bonds is 5. The summed E-state index contributed by atoms with van der Waals surface area (Å²) in [4.78, 5) is 39.1. The Bertz CT molecular complexity index is 584. The maximum absolute atomic E-state index is 11.8. The van der Waals surface area contributed by atoms with Crippen LogP contribution in [0.4, 0.5) is 0 Å². The quantitative estimate of drug-likeness (QED) is 0.710. The van der Waals surface area contributed by atoms with Gasteiger partial charge in [-0.1, -0.05) is 0 Å². The Balaban J connectivity index is 1.93. The van der Waals surface area contributed by atoms with Gasteiger partial charge < -0.3 is 10.3 Å². The van der Waals surface area contributed by atoms with Gasteiger partial charge in [0.2, 0.25) is 5.91 Å². The molecular formula is C13H19N3O3. The normalized spacial score (nSPS) is 16.1. The lowest BCUT2D eigenvalue weighted by Gasteiger charge is -2.12. The molecule has 1 saturated carbocycles. The molecule has 6 heteroatoms. The monoisotopic (exact) mass is 265 g/mol. The van der Waals surface area contributed by atoms with Gasteiger partial charge in [0.1, 0.15) is 0 Å². The second kappa shape index (κ2) is 5.42. The van der Waals surface area contributed by atoms with Gasteiger partial charge in [-0.2, -0.15) is 0 Å². The molecule has 1 atom stereocenters. The van der Waals surface area contributed by atoms with E-state index in [1.165, 1.54) is 12.8 Å². The smallest absolute Gasteiger partial charge is 0.325 e. The van der Waals surface area contributed by atoms with E-state index in [-0.39, 0.29) is 18.4 Å². The fourth-order valence-electron chi connectivity index (χ4n) is 2.21. The SMILES string of the molecule is Cc1[nH]c(=O)[nH]c(=O)c1CCC(=O)NC(C)C1CC1. The van der Waals surface area contributed by atoms with Gasteiger partial charge in [0.25, 0.3) is 5.56 Å². The van der Waals surface area contributed by atoms with Crippen LogP contribution >= 0.6 is 0 Å². The number of aromatic amines is 2. The van der Waals surface area contributed by atoms with Crippen LogP contribution in [0.3, 0.4) is 0 Å². The predicted octanol–water partition coefficient (Wildman–Crippen LogP) is 0.219. The first-order valence-corrected chi connectivity index (χ1v) is 6.59. The molecule has 1 aromatic rings. The van der Waals surface area contributed by atoms with Gasteiger partial charge in [-0.15, -0.1) is 0 Å². The maximum atomic E-state index is 11.8. The number of hydrogen-bond donors (Lipinski definition) is 3. The highest BCUT2D eigenvalue weighted by molar-refractivity contribution is 5.76. The molecule has 19 heavy (non-hydrogen) atoms. The summed E-state index contributed by atoms with van der Waals surface area (Å²) in [6.07, 6.45) is 2.95. The minimum atomic E-state index is -0.516. The van der Waals surface area contributed by atoms with Crippen LogP contribution < -0.4 is 16.6 Å². The third-order valence-electron chi connectivity index (χ3n) is 3.57. The average molecular weight is 265 g/mol. The first-order valence-electron chi connectivity index (χ1n) is 6.59. The Labute approximate surface area is 110 Å². The summed E-state index contributed by atoms with van der Waals surface area (Å²) in [5.41, 5.74) is 0.0629. The Hall–Kier alpha value is -1.85. The summed E-state index contributed by atoms with van der Waals surface area (Å²) in [7, 11) is 0. The van der Waals surface area contributed by atoms with E-state index in [4.69, 9.17) is 0 Å². The lowest BCUT2D eigenvalue weighted by Crippen LogP contribution is -2.35. The maximum Gasteiger partial charge on any atom is 0.325 e. The molecule has 0 radical (unpaired) electrons. The zero-order chi connectivity index (χ0) is 14.0. The molecule has 0 bridgehead atoms. The van der Waals surface area contributed by atoms with Crippen molar-refractivity contribution < 1.29 is 4.79 Å². The Morgan fingerprint density at radius 2 is 2.05 bits per heavy atom. The number of hydrogen-bond acceptors (Lipinski definition) is 3. The minimum absolute atomic E-state index is 0.0515. The molecular weight excluding hydrogens is 246 g/mol. The molecule has 0 aliphatic heterocycles. The van der Waals surface area contributed by atoms with Gasteiger partial charge in [-0.05, 0) is 39.0 Å². The molecule has 1 aromatic heterocycles. The summed E-state index contributed by atoms with van der Waals surface area (Å²) >= 11 is 0. The van der Waals surface area contributed by atoms with E-state index in [1.54, 1.807) is 6.92 Å². The van der Waals surface area contributed by atoms with Crippen molar-refractivity contribution in [3.05, 3.63) is 32.1 Å². The second-order valence-electron chi connectivity index (χ2n) is 5.21. The molecule has 1 amide bonds. The van der Waals surface area contributed by atoms with E-state index in [1.807, 2.05) is 6.92 Å². The van der Waals surface area contributed by atoms with Crippen LogP contribution in [0.5, 0.6) is 0 Å². The number of H-pyrrole nitrogens is 2. The van der Waals surface area contributed by atoms with Crippen molar-refractivity contribution in [1.29, 1.82) is 0 Å².